The molecule has 4 nitrogen and oxygen atoms in total. The Morgan fingerprint density at radius 3 is 2.62 bits per heavy atom. The maximum absolute atomic E-state index is 11.3. The molecule has 1 aromatic carbocycles. The first kappa shape index (κ1) is 14.1. The first-order valence-electron chi connectivity index (χ1n) is 7.67. The van der Waals surface area contributed by atoms with Crippen molar-refractivity contribution < 1.29 is 14.3 Å². The highest BCUT2D eigenvalue weighted by Gasteiger charge is 2.19. The smallest absolute Gasteiger partial charge is 0.163 e. The molecule has 0 N–H and O–H groups in total. The second-order valence-corrected chi connectivity index (χ2v) is 5.75. The highest BCUT2D eigenvalue weighted by Crippen LogP contribution is 2.35. The van der Waals surface area contributed by atoms with Gasteiger partial charge in [-0.15, -0.1) is 0 Å². The number of ketones is 1. The fourth-order valence-electron chi connectivity index (χ4n) is 2.98. The molecule has 1 aromatic rings. The summed E-state index contributed by atoms with van der Waals surface area (Å²) in [6.07, 6.45) is 6.87. The van der Waals surface area contributed by atoms with E-state index in [2.05, 4.69) is 4.99 Å². The number of benzene rings is 1. The molecular formula is C17H21NO3. The van der Waals surface area contributed by atoms with Crippen LogP contribution in [0.15, 0.2) is 23.2 Å². The fraction of sp³-hybridized carbons (Fsp3) is 0.529. The number of hydrogen-bond donors (Lipinski definition) is 0. The summed E-state index contributed by atoms with van der Waals surface area (Å²) < 4.78 is 11.4. The molecule has 21 heavy (non-hydrogen) atoms. The van der Waals surface area contributed by atoms with Gasteiger partial charge in [0.05, 0.1) is 18.9 Å². The molecule has 0 spiro atoms. The molecule has 0 atom stereocenters. The molecule has 0 amide bonds. The van der Waals surface area contributed by atoms with Crippen molar-refractivity contribution in [1.82, 2.24) is 0 Å². The van der Waals surface area contributed by atoms with Crippen LogP contribution in [0.1, 0.15) is 44.9 Å². The van der Waals surface area contributed by atoms with Crippen molar-refractivity contribution in [3.8, 4) is 11.5 Å². The highest BCUT2D eigenvalue weighted by molar-refractivity contribution is 6.09. The summed E-state index contributed by atoms with van der Waals surface area (Å²) in [5.74, 6) is 1.79. The topological polar surface area (TPSA) is 47.9 Å². The number of rotatable bonds is 4. The molecular weight excluding hydrogens is 266 g/mol. The Hall–Kier alpha value is -1.84. The molecule has 0 aromatic heterocycles. The van der Waals surface area contributed by atoms with Gasteiger partial charge < -0.3 is 9.47 Å². The molecule has 2 fully saturated rings. The van der Waals surface area contributed by atoms with E-state index in [4.69, 9.17) is 9.47 Å². The Labute approximate surface area is 125 Å². The lowest BCUT2D eigenvalue weighted by molar-refractivity contribution is -0.116. The Morgan fingerprint density at radius 1 is 1.14 bits per heavy atom. The van der Waals surface area contributed by atoms with E-state index in [1.807, 2.05) is 18.2 Å². The molecule has 4 heteroatoms. The van der Waals surface area contributed by atoms with Gasteiger partial charge in [-0.05, 0) is 44.2 Å². The first-order chi connectivity index (χ1) is 10.2. The largest absolute Gasteiger partial charge is 0.493 e. The second kappa shape index (κ2) is 6.29. The molecule has 112 valence electrons. The minimum atomic E-state index is 0.282. The molecule has 0 bridgehead atoms. The van der Waals surface area contributed by atoms with Crippen LogP contribution in [0, 0.1) is 0 Å². The number of ether oxygens (including phenoxy) is 2. The summed E-state index contributed by atoms with van der Waals surface area (Å²) in [7, 11) is 1.65. The normalized spacial score (nSPS) is 21.2. The minimum Gasteiger partial charge on any atom is -0.493 e. The Morgan fingerprint density at radius 2 is 1.95 bits per heavy atom. The third-order valence-electron chi connectivity index (χ3n) is 4.12. The van der Waals surface area contributed by atoms with Crippen molar-refractivity contribution in [1.29, 1.82) is 0 Å². The summed E-state index contributed by atoms with van der Waals surface area (Å²) >= 11 is 0. The van der Waals surface area contributed by atoms with Crippen LogP contribution < -0.4 is 9.47 Å². The third-order valence-corrected chi connectivity index (χ3v) is 4.12. The van der Waals surface area contributed by atoms with Gasteiger partial charge in [0, 0.05) is 24.6 Å². The number of methoxy groups -OCH3 is 1. The van der Waals surface area contributed by atoms with Crippen LogP contribution >= 0.6 is 0 Å². The van der Waals surface area contributed by atoms with E-state index in [0.717, 1.165) is 42.2 Å². The quantitative estimate of drug-likeness (QED) is 0.845. The SMILES string of the molecule is COc1ccc(N=C2CCC(=O)C2)cc1OC1CCCC1. The van der Waals surface area contributed by atoms with Crippen LogP contribution in [0.2, 0.25) is 0 Å². The lowest BCUT2D eigenvalue weighted by Crippen LogP contribution is -2.11. The zero-order valence-corrected chi connectivity index (χ0v) is 12.4. The van der Waals surface area contributed by atoms with Gasteiger partial charge in [-0.3, -0.25) is 9.79 Å². The highest BCUT2D eigenvalue weighted by atomic mass is 16.5. The molecule has 0 heterocycles. The zero-order chi connectivity index (χ0) is 14.7. The van der Waals surface area contributed by atoms with Crippen LogP contribution in [0.5, 0.6) is 11.5 Å². The van der Waals surface area contributed by atoms with Crippen molar-refractivity contribution in [3.63, 3.8) is 0 Å². The van der Waals surface area contributed by atoms with Gasteiger partial charge in [0.1, 0.15) is 5.78 Å². The number of hydrogen-bond acceptors (Lipinski definition) is 4. The van der Waals surface area contributed by atoms with E-state index in [0.29, 0.717) is 12.8 Å². The van der Waals surface area contributed by atoms with Crippen LogP contribution in [-0.2, 0) is 4.79 Å². The monoisotopic (exact) mass is 287 g/mol. The van der Waals surface area contributed by atoms with Gasteiger partial charge in [0.2, 0.25) is 0 Å². The van der Waals surface area contributed by atoms with E-state index in [9.17, 15) is 4.79 Å². The van der Waals surface area contributed by atoms with Crippen molar-refractivity contribution in [2.75, 3.05) is 7.11 Å². The van der Waals surface area contributed by atoms with Crippen molar-refractivity contribution >= 4 is 17.2 Å². The number of carbonyl (C=O) groups is 1. The van der Waals surface area contributed by atoms with Gasteiger partial charge in [-0.2, -0.15) is 0 Å². The van der Waals surface area contributed by atoms with Crippen LogP contribution in [-0.4, -0.2) is 24.7 Å². The van der Waals surface area contributed by atoms with E-state index < -0.39 is 0 Å². The van der Waals surface area contributed by atoms with E-state index in [1.165, 1.54) is 12.8 Å². The number of Topliss-reactive ketones (excluding diaryl/α,β-unsaturated/α-hetero) is 1. The zero-order valence-electron chi connectivity index (χ0n) is 12.4. The fourth-order valence-corrected chi connectivity index (χ4v) is 2.98. The predicted octanol–water partition coefficient (Wildman–Crippen LogP) is 3.84. The summed E-state index contributed by atoms with van der Waals surface area (Å²) in [6, 6.07) is 5.73. The standard InChI is InChI=1S/C17H21NO3/c1-20-16-9-7-13(18-12-6-8-14(19)10-12)11-17(16)21-15-4-2-3-5-15/h7,9,11,15H,2-6,8,10H2,1H3. The number of carbonyl (C=O) groups excluding carboxylic acids is 1. The summed E-state index contributed by atoms with van der Waals surface area (Å²) in [6.45, 7) is 0. The van der Waals surface area contributed by atoms with Crippen molar-refractivity contribution in [3.05, 3.63) is 18.2 Å². The van der Waals surface area contributed by atoms with Gasteiger partial charge in [0.15, 0.2) is 11.5 Å². The van der Waals surface area contributed by atoms with E-state index in [1.54, 1.807) is 7.11 Å². The summed E-state index contributed by atoms with van der Waals surface area (Å²) in [5, 5.41) is 0. The third kappa shape index (κ3) is 3.43. The molecule has 0 radical (unpaired) electrons. The molecule has 0 saturated heterocycles. The minimum absolute atomic E-state index is 0.282. The average molecular weight is 287 g/mol. The molecule has 2 aliphatic carbocycles. The maximum Gasteiger partial charge on any atom is 0.163 e. The summed E-state index contributed by atoms with van der Waals surface area (Å²) in [5.41, 5.74) is 1.81. The van der Waals surface area contributed by atoms with Crippen LogP contribution in [0.4, 0.5) is 5.69 Å². The number of nitrogens with zero attached hydrogens (tertiary/aromatic N) is 1. The number of aliphatic imine (C=N–C) groups is 1. The average Bonchev–Trinajstić information content (AvgIpc) is 3.11. The van der Waals surface area contributed by atoms with Crippen LogP contribution in [0.25, 0.3) is 0 Å². The van der Waals surface area contributed by atoms with E-state index >= 15 is 0 Å². The molecule has 0 aliphatic heterocycles. The van der Waals surface area contributed by atoms with Gasteiger partial charge in [-0.1, -0.05) is 0 Å². The van der Waals surface area contributed by atoms with E-state index in [-0.39, 0.29) is 11.9 Å². The second-order valence-electron chi connectivity index (χ2n) is 5.75. The Balaban J connectivity index is 1.80. The lowest BCUT2D eigenvalue weighted by Gasteiger charge is -2.16. The molecule has 2 saturated carbocycles. The lowest BCUT2D eigenvalue weighted by atomic mass is 10.2. The van der Waals surface area contributed by atoms with Gasteiger partial charge in [0.25, 0.3) is 0 Å². The molecule has 2 aliphatic rings. The van der Waals surface area contributed by atoms with Crippen LogP contribution in [0.3, 0.4) is 0 Å². The maximum atomic E-state index is 11.3. The predicted molar refractivity (Wildman–Crippen MR) is 81.8 cm³/mol. The van der Waals surface area contributed by atoms with Gasteiger partial charge >= 0.3 is 0 Å². The Bertz CT molecular complexity index is 559. The molecule has 0 unspecified atom stereocenters. The van der Waals surface area contributed by atoms with Crippen molar-refractivity contribution in [2.45, 2.75) is 51.0 Å². The van der Waals surface area contributed by atoms with Crippen molar-refractivity contribution in [2.24, 2.45) is 4.99 Å². The molecule has 3 rings (SSSR count). The first-order valence-corrected chi connectivity index (χ1v) is 7.67. The Kier molecular flexibility index (Phi) is 4.23. The summed E-state index contributed by atoms with van der Waals surface area (Å²) in [4.78, 5) is 15.9. The van der Waals surface area contributed by atoms with Gasteiger partial charge in [-0.25, -0.2) is 0 Å².